The zero-order valence-corrected chi connectivity index (χ0v) is 16.5. The van der Waals surface area contributed by atoms with Gasteiger partial charge in [0, 0.05) is 49.7 Å². The van der Waals surface area contributed by atoms with Gasteiger partial charge >= 0.3 is 5.69 Å². The highest BCUT2D eigenvalue weighted by Crippen LogP contribution is 2.41. The van der Waals surface area contributed by atoms with Crippen molar-refractivity contribution in [3.05, 3.63) is 38.5 Å². The summed E-state index contributed by atoms with van der Waals surface area (Å²) >= 11 is 0. The van der Waals surface area contributed by atoms with Crippen LogP contribution in [0.4, 0.5) is 5.69 Å². The highest BCUT2D eigenvalue weighted by atomic mass is 16.2. The number of benzene rings is 1. The van der Waals surface area contributed by atoms with Crippen molar-refractivity contribution in [2.24, 2.45) is 5.41 Å². The smallest absolute Gasteiger partial charge is 0.329 e. The Labute approximate surface area is 164 Å². The van der Waals surface area contributed by atoms with Crippen molar-refractivity contribution >= 4 is 16.6 Å². The van der Waals surface area contributed by atoms with E-state index in [0.29, 0.717) is 11.8 Å². The van der Waals surface area contributed by atoms with Crippen LogP contribution in [0.15, 0.2) is 21.7 Å². The zero-order chi connectivity index (χ0) is 19.9. The molecular formula is C21H27N5O2. The molecule has 1 aromatic carbocycles. The Kier molecular flexibility index (Phi) is 4.76. The Balaban J connectivity index is 1.63. The van der Waals surface area contributed by atoms with Crippen molar-refractivity contribution in [3.8, 4) is 6.07 Å². The molecule has 7 nitrogen and oxygen atoms in total. The van der Waals surface area contributed by atoms with Gasteiger partial charge in [0.2, 0.25) is 0 Å². The summed E-state index contributed by atoms with van der Waals surface area (Å²) in [5, 5.41) is 12.7. The van der Waals surface area contributed by atoms with Crippen molar-refractivity contribution < 1.29 is 0 Å². The van der Waals surface area contributed by atoms with E-state index < -0.39 is 0 Å². The Morgan fingerprint density at radius 2 is 2.07 bits per heavy atom. The Hall–Kier alpha value is -2.59. The first-order chi connectivity index (χ1) is 13.5. The molecule has 1 aliphatic heterocycles. The predicted octanol–water partition coefficient (Wildman–Crippen LogP) is 2.05. The summed E-state index contributed by atoms with van der Waals surface area (Å²) in [5.74, 6) is 0. The van der Waals surface area contributed by atoms with E-state index in [1.807, 2.05) is 19.1 Å². The summed E-state index contributed by atoms with van der Waals surface area (Å²) < 4.78 is 1.78. The number of nitriles is 1. The van der Waals surface area contributed by atoms with E-state index in [1.54, 1.807) is 4.57 Å². The third kappa shape index (κ3) is 3.12. The number of aryl methyl sites for hydroxylation is 1. The first kappa shape index (κ1) is 18.8. The average Bonchev–Trinajstić information content (AvgIpc) is 3.47. The largest absolute Gasteiger partial charge is 0.370 e. The molecule has 7 heteroatoms. The summed E-state index contributed by atoms with van der Waals surface area (Å²) in [6.45, 7) is 7.73. The fraction of sp³-hybridized carbons (Fsp3) is 0.571. The quantitative estimate of drug-likeness (QED) is 0.716. The van der Waals surface area contributed by atoms with Gasteiger partial charge in [-0.2, -0.15) is 5.26 Å². The molecule has 0 spiro atoms. The molecule has 2 fully saturated rings. The number of rotatable bonds is 7. The number of fused-ring (bicyclic) bond motifs is 1. The number of hydrogen-bond donors (Lipinski definition) is 2. The highest BCUT2D eigenvalue weighted by molar-refractivity contribution is 5.87. The van der Waals surface area contributed by atoms with Gasteiger partial charge in [0.15, 0.2) is 0 Å². The Morgan fingerprint density at radius 1 is 1.32 bits per heavy atom. The van der Waals surface area contributed by atoms with Crippen LogP contribution in [0.3, 0.4) is 0 Å². The van der Waals surface area contributed by atoms with Gasteiger partial charge in [-0.15, -0.1) is 0 Å². The lowest BCUT2D eigenvalue weighted by atomic mass is 9.76. The normalized spacial score (nSPS) is 18.1. The molecule has 1 aromatic heterocycles. The molecule has 2 aromatic rings. The van der Waals surface area contributed by atoms with E-state index in [-0.39, 0.29) is 22.7 Å². The van der Waals surface area contributed by atoms with Crippen molar-refractivity contribution in [2.45, 2.75) is 45.6 Å². The maximum Gasteiger partial charge on any atom is 0.329 e. The summed E-state index contributed by atoms with van der Waals surface area (Å²) in [6.07, 6.45) is 3.58. The van der Waals surface area contributed by atoms with Crippen LogP contribution in [0.2, 0.25) is 0 Å². The molecule has 0 bridgehead atoms. The zero-order valence-electron chi connectivity index (χ0n) is 16.5. The van der Waals surface area contributed by atoms with Gasteiger partial charge in [-0.3, -0.25) is 14.3 Å². The van der Waals surface area contributed by atoms with Crippen molar-refractivity contribution in [1.82, 2.24) is 14.9 Å². The van der Waals surface area contributed by atoms with Gasteiger partial charge in [-0.05, 0) is 43.9 Å². The minimum atomic E-state index is -0.306. The van der Waals surface area contributed by atoms with Crippen molar-refractivity contribution in [3.63, 3.8) is 0 Å². The van der Waals surface area contributed by atoms with Crippen LogP contribution >= 0.6 is 0 Å². The van der Waals surface area contributed by atoms with Crippen molar-refractivity contribution in [1.29, 1.82) is 5.26 Å². The van der Waals surface area contributed by atoms with Crippen LogP contribution in [0, 0.1) is 23.7 Å². The number of aromatic nitrogens is 2. The van der Waals surface area contributed by atoms with E-state index >= 15 is 0 Å². The maximum atomic E-state index is 12.4. The number of aromatic amines is 1. The molecule has 0 radical (unpaired) electrons. The fourth-order valence-corrected chi connectivity index (χ4v) is 4.43. The molecule has 4 rings (SSSR count). The lowest BCUT2D eigenvalue weighted by molar-refractivity contribution is 0.196. The molecule has 1 saturated carbocycles. The summed E-state index contributed by atoms with van der Waals surface area (Å²) in [7, 11) is 0. The maximum absolute atomic E-state index is 12.4. The summed E-state index contributed by atoms with van der Waals surface area (Å²) in [5.41, 5.74) is 2.51. The van der Waals surface area contributed by atoms with E-state index in [1.165, 1.54) is 0 Å². The van der Waals surface area contributed by atoms with Crippen LogP contribution in [0.25, 0.3) is 10.9 Å². The monoisotopic (exact) mass is 381 g/mol. The lowest BCUT2D eigenvalue weighted by Crippen LogP contribution is -2.60. The van der Waals surface area contributed by atoms with Gasteiger partial charge in [0.1, 0.15) is 0 Å². The van der Waals surface area contributed by atoms with Crippen LogP contribution in [-0.4, -0.2) is 35.7 Å². The van der Waals surface area contributed by atoms with Crippen LogP contribution in [-0.2, 0) is 0 Å². The SMILES string of the molecule is CCC1(CNCCC#N)CN(c2ccc3c(=O)[nH]c(=O)n(C4CC4)c3c2C)C1. The first-order valence-corrected chi connectivity index (χ1v) is 10.1. The fourth-order valence-electron chi connectivity index (χ4n) is 4.43. The van der Waals surface area contributed by atoms with Gasteiger partial charge < -0.3 is 10.2 Å². The lowest BCUT2D eigenvalue weighted by Gasteiger charge is -2.52. The minimum Gasteiger partial charge on any atom is -0.370 e. The van der Waals surface area contributed by atoms with E-state index in [9.17, 15) is 9.59 Å². The van der Waals surface area contributed by atoms with E-state index in [4.69, 9.17) is 5.26 Å². The Bertz CT molecular complexity index is 1050. The van der Waals surface area contributed by atoms with Crippen molar-refractivity contribution in [2.75, 3.05) is 31.1 Å². The number of hydrogen-bond acceptors (Lipinski definition) is 5. The second kappa shape index (κ2) is 7.10. The molecule has 2 N–H and O–H groups in total. The number of nitrogens with zero attached hydrogens (tertiary/aromatic N) is 3. The highest BCUT2D eigenvalue weighted by Gasteiger charge is 2.42. The number of H-pyrrole nitrogens is 1. The van der Waals surface area contributed by atoms with E-state index in [2.05, 4.69) is 28.2 Å². The molecular weight excluding hydrogens is 354 g/mol. The number of nitrogens with one attached hydrogen (secondary N) is 2. The molecule has 2 aliphatic rings. The second-order valence-corrected chi connectivity index (χ2v) is 8.26. The third-order valence-electron chi connectivity index (χ3n) is 6.30. The van der Waals surface area contributed by atoms with Crippen LogP contribution < -0.4 is 21.5 Å². The topological polar surface area (TPSA) is 93.9 Å². The minimum absolute atomic E-state index is 0.205. The van der Waals surface area contributed by atoms with Gasteiger partial charge in [0.05, 0.1) is 17.0 Å². The first-order valence-electron chi connectivity index (χ1n) is 10.1. The molecule has 1 aliphatic carbocycles. The third-order valence-corrected chi connectivity index (χ3v) is 6.30. The predicted molar refractivity (Wildman–Crippen MR) is 110 cm³/mol. The Morgan fingerprint density at radius 3 is 2.71 bits per heavy atom. The summed E-state index contributed by atoms with van der Waals surface area (Å²) in [6, 6.07) is 6.24. The molecule has 0 atom stereocenters. The van der Waals surface area contributed by atoms with Gasteiger partial charge in [-0.1, -0.05) is 6.92 Å². The van der Waals surface area contributed by atoms with E-state index in [0.717, 1.165) is 62.2 Å². The molecule has 2 heterocycles. The molecule has 0 amide bonds. The van der Waals surface area contributed by atoms with Gasteiger partial charge in [0.25, 0.3) is 5.56 Å². The second-order valence-electron chi connectivity index (χ2n) is 8.26. The number of anilines is 1. The van der Waals surface area contributed by atoms with Crippen LogP contribution in [0.5, 0.6) is 0 Å². The van der Waals surface area contributed by atoms with Crippen LogP contribution in [0.1, 0.15) is 44.2 Å². The molecule has 0 unspecified atom stereocenters. The summed E-state index contributed by atoms with van der Waals surface area (Å²) in [4.78, 5) is 29.6. The van der Waals surface area contributed by atoms with Gasteiger partial charge in [-0.25, -0.2) is 4.79 Å². The average molecular weight is 381 g/mol. The molecule has 1 saturated heterocycles. The molecule has 28 heavy (non-hydrogen) atoms. The standard InChI is InChI=1S/C21H27N5O2/c1-3-21(11-23-10-4-9-22)12-25(13-21)17-8-7-16-18(14(17)2)26(15-5-6-15)20(28)24-19(16)27/h7-8,15,23H,3-6,10-13H2,1-2H3,(H,24,27,28). The molecule has 148 valence electrons.